The molecule has 0 spiro atoms. The number of nitriles is 1. The van der Waals surface area contributed by atoms with Crippen molar-refractivity contribution in [2.24, 2.45) is 5.73 Å². The molecule has 2 aliphatic heterocycles. The van der Waals surface area contributed by atoms with Gasteiger partial charge in [-0.15, -0.1) is 0 Å². The molecule has 5 rings (SSSR count). The number of thioether (sulfide) groups is 1. The van der Waals surface area contributed by atoms with Gasteiger partial charge in [-0.2, -0.15) is 5.26 Å². The molecule has 0 aliphatic carbocycles. The Morgan fingerprint density at radius 3 is 2.00 bits per heavy atom. The number of hydrogen-bond donors (Lipinski definition) is 2. The average molecular weight is 466 g/mol. The van der Waals surface area contributed by atoms with Crippen molar-refractivity contribution < 1.29 is 9.59 Å². The van der Waals surface area contributed by atoms with Crippen LogP contribution in [0.3, 0.4) is 0 Å². The van der Waals surface area contributed by atoms with E-state index in [4.69, 9.17) is 5.73 Å². The van der Waals surface area contributed by atoms with E-state index < -0.39 is 17.1 Å². The van der Waals surface area contributed by atoms with Crippen LogP contribution in [0, 0.1) is 11.3 Å². The van der Waals surface area contributed by atoms with Crippen LogP contribution >= 0.6 is 11.8 Å². The molecule has 1 fully saturated rings. The largest absolute Gasteiger partial charge is 0.384 e. The number of carbonyl (C=O) groups is 2. The molecule has 0 saturated carbocycles. The lowest BCUT2D eigenvalue weighted by atomic mass is 10.0. The van der Waals surface area contributed by atoms with Crippen LogP contribution in [-0.2, 0) is 9.59 Å². The molecule has 3 aromatic carbocycles. The fourth-order valence-corrected chi connectivity index (χ4v) is 5.35. The Balaban J connectivity index is 1.71. The van der Waals surface area contributed by atoms with Crippen molar-refractivity contribution in [2.75, 3.05) is 9.91 Å². The smallest absolute Gasteiger partial charge is 0.285 e. The molecule has 34 heavy (non-hydrogen) atoms. The predicted molar refractivity (Wildman–Crippen MR) is 132 cm³/mol. The van der Waals surface area contributed by atoms with Crippen molar-refractivity contribution >= 4 is 35.0 Å². The van der Waals surface area contributed by atoms with Gasteiger partial charge in [0.25, 0.3) is 11.8 Å². The lowest BCUT2D eigenvalue weighted by molar-refractivity contribution is -0.117. The van der Waals surface area contributed by atoms with Crippen molar-refractivity contribution in [3.05, 3.63) is 119 Å². The van der Waals surface area contributed by atoms with Gasteiger partial charge in [-0.3, -0.25) is 19.9 Å². The van der Waals surface area contributed by atoms with Crippen LogP contribution < -0.4 is 21.1 Å². The van der Waals surface area contributed by atoms with E-state index >= 15 is 0 Å². The standard InChI is InChI=1S/C26H19N5O2S/c27-16-20-22(17-10-4-1-5-11-17)34-26(30(23(20)28)18-12-6-2-7-13-18)21-24(32)29-31(25(21)33)19-14-8-3-9-15-19/h1-15,22H,28H2,(H,29,32)/t22-/m0/s1. The summed E-state index contributed by atoms with van der Waals surface area (Å²) in [5, 5.41) is 11.1. The lowest BCUT2D eigenvalue weighted by Gasteiger charge is -2.36. The minimum Gasteiger partial charge on any atom is -0.384 e. The van der Waals surface area contributed by atoms with Gasteiger partial charge in [-0.25, -0.2) is 5.01 Å². The van der Waals surface area contributed by atoms with Crippen LogP contribution in [0.2, 0.25) is 0 Å². The van der Waals surface area contributed by atoms with Gasteiger partial charge in [0.1, 0.15) is 22.5 Å². The molecule has 2 aliphatic rings. The molecule has 1 atom stereocenters. The number of benzene rings is 3. The molecular formula is C26H19N5O2S. The van der Waals surface area contributed by atoms with E-state index in [1.165, 1.54) is 16.8 Å². The van der Waals surface area contributed by atoms with Gasteiger partial charge in [-0.1, -0.05) is 78.5 Å². The highest BCUT2D eigenvalue weighted by atomic mass is 32.2. The quantitative estimate of drug-likeness (QED) is 0.448. The van der Waals surface area contributed by atoms with Gasteiger partial charge < -0.3 is 5.73 Å². The maximum atomic E-state index is 13.5. The molecule has 0 radical (unpaired) electrons. The zero-order valence-electron chi connectivity index (χ0n) is 17.9. The topological polar surface area (TPSA) is 102 Å². The van der Waals surface area contributed by atoms with Crippen LogP contribution in [0.5, 0.6) is 0 Å². The van der Waals surface area contributed by atoms with Crippen molar-refractivity contribution in [1.82, 2.24) is 5.43 Å². The van der Waals surface area contributed by atoms with E-state index in [9.17, 15) is 14.9 Å². The van der Waals surface area contributed by atoms with Gasteiger partial charge in [0, 0.05) is 5.69 Å². The molecule has 3 N–H and O–H groups in total. The molecule has 2 amide bonds. The second kappa shape index (κ2) is 8.81. The fraction of sp³-hybridized carbons (Fsp3) is 0.0385. The Hall–Kier alpha value is -4.48. The molecule has 0 unspecified atom stereocenters. The molecule has 8 heteroatoms. The summed E-state index contributed by atoms with van der Waals surface area (Å²) in [7, 11) is 0. The van der Waals surface area contributed by atoms with E-state index in [2.05, 4.69) is 11.5 Å². The van der Waals surface area contributed by atoms with Gasteiger partial charge >= 0.3 is 0 Å². The van der Waals surface area contributed by atoms with E-state index in [-0.39, 0.29) is 11.4 Å². The number of carbonyl (C=O) groups excluding carboxylic acids is 2. The van der Waals surface area contributed by atoms with E-state index in [0.717, 1.165) is 5.56 Å². The summed E-state index contributed by atoms with van der Waals surface area (Å²) in [5.41, 5.74) is 11.6. The molecule has 0 aromatic heterocycles. The Labute approximate surface area is 200 Å². The van der Waals surface area contributed by atoms with Crippen LogP contribution in [-0.4, -0.2) is 11.8 Å². The Bertz CT molecular complexity index is 1360. The maximum Gasteiger partial charge on any atom is 0.285 e. The number of nitrogens with two attached hydrogens (primary N) is 1. The summed E-state index contributed by atoms with van der Waals surface area (Å²) in [6, 6.07) is 29.7. The Morgan fingerprint density at radius 1 is 0.853 bits per heavy atom. The van der Waals surface area contributed by atoms with Gasteiger partial charge in [0.15, 0.2) is 0 Å². The molecule has 7 nitrogen and oxygen atoms in total. The molecular weight excluding hydrogens is 446 g/mol. The second-order valence-electron chi connectivity index (χ2n) is 7.59. The monoisotopic (exact) mass is 465 g/mol. The minimum atomic E-state index is -0.530. The lowest BCUT2D eigenvalue weighted by Crippen LogP contribution is -2.35. The normalized spacial score (nSPS) is 20.4. The maximum absolute atomic E-state index is 13.5. The van der Waals surface area contributed by atoms with E-state index in [0.29, 0.717) is 22.0 Å². The summed E-state index contributed by atoms with van der Waals surface area (Å²) < 4.78 is 0. The van der Waals surface area contributed by atoms with Crippen molar-refractivity contribution in [3.63, 3.8) is 0 Å². The minimum absolute atomic E-state index is 0.0291. The summed E-state index contributed by atoms with van der Waals surface area (Å²) in [4.78, 5) is 28.3. The van der Waals surface area contributed by atoms with Crippen LogP contribution in [0.25, 0.3) is 0 Å². The summed E-state index contributed by atoms with van der Waals surface area (Å²) in [6.45, 7) is 0. The Kier molecular flexibility index (Phi) is 5.54. The number of nitrogens with zero attached hydrogens (tertiary/aromatic N) is 3. The van der Waals surface area contributed by atoms with Gasteiger partial charge in [-0.05, 0) is 29.8 Å². The predicted octanol–water partition coefficient (Wildman–Crippen LogP) is 3.96. The third-order valence-corrected chi connectivity index (χ3v) is 6.89. The average Bonchev–Trinajstić information content (AvgIpc) is 3.18. The number of hydrazine groups is 1. The van der Waals surface area contributed by atoms with Crippen LogP contribution in [0.15, 0.2) is 113 Å². The highest BCUT2D eigenvalue weighted by Crippen LogP contribution is 2.50. The number of nitrogens with one attached hydrogen (secondary N) is 1. The highest BCUT2D eigenvalue weighted by Gasteiger charge is 2.43. The first-order chi connectivity index (χ1) is 16.6. The molecule has 0 bridgehead atoms. The third-order valence-electron chi connectivity index (χ3n) is 5.53. The van der Waals surface area contributed by atoms with Crippen molar-refractivity contribution in [1.29, 1.82) is 5.26 Å². The SMILES string of the molecule is N#CC1=C(N)N(c2ccccc2)C(=C2C(=O)NN(c3ccccc3)C2=O)S[C@H]1c1ccccc1. The number of para-hydroxylation sites is 2. The molecule has 166 valence electrons. The van der Waals surface area contributed by atoms with E-state index in [1.807, 2.05) is 66.7 Å². The van der Waals surface area contributed by atoms with Crippen molar-refractivity contribution in [2.45, 2.75) is 5.25 Å². The fourth-order valence-electron chi connectivity index (χ4n) is 3.93. The number of rotatable bonds is 3. The molecule has 3 aromatic rings. The summed E-state index contributed by atoms with van der Waals surface area (Å²) >= 11 is 1.26. The molecule has 2 heterocycles. The first kappa shape index (κ1) is 21.4. The first-order valence-electron chi connectivity index (χ1n) is 10.5. The van der Waals surface area contributed by atoms with Crippen molar-refractivity contribution in [3.8, 4) is 6.07 Å². The van der Waals surface area contributed by atoms with Crippen LogP contribution in [0.1, 0.15) is 10.8 Å². The number of amides is 2. The zero-order chi connectivity index (χ0) is 23.7. The summed E-state index contributed by atoms with van der Waals surface area (Å²) in [6.07, 6.45) is 0. The first-order valence-corrected chi connectivity index (χ1v) is 11.4. The third kappa shape index (κ3) is 3.58. The summed E-state index contributed by atoms with van der Waals surface area (Å²) in [5.74, 6) is -0.834. The van der Waals surface area contributed by atoms with Crippen LogP contribution in [0.4, 0.5) is 11.4 Å². The molecule has 1 saturated heterocycles. The van der Waals surface area contributed by atoms with Gasteiger partial charge in [0.05, 0.1) is 16.5 Å². The zero-order valence-corrected chi connectivity index (χ0v) is 18.7. The van der Waals surface area contributed by atoms with E-state index in [1.54, 1.807) is 29.2 Å². The van der Waals surface area contributed by atoms with Gasteiger partial charge in [0.2, 0.25) is 0 Å². The number of anilines is 2. The highest BCUT2D eigenvalue weighted by molar-refractivity contribution is 8.03. The Morgan fingerprint density at radius 2 is 1.41 bits per heavy atom. The number of hydrogen-bond acceptors (Lipinski definition) is 6. The second-order valence-corrected chi connectivity index (χ2v) is 8.68.